The van der Waals surface area contributed by atoms with E-state index in [2.05, 4.69) is 6.92 Å². The van der Waals surface area contributed by atoms with E-state index < -0.39 is 0 Å². The predicted molar refractivity (Wildman–Crippen MR) is 86.7 cm³/mol. The summed E-state index contributed by atoms with van der Waals surface area (Å²) in [5.41, 5.74) is 0.523. The first-order chi connectivity index (χ1) is 10.6. The fourth-order valence-electron chi connectivity index (χ4n) is 2.59. The lowest BCUT2D eigenvalue weighted by molar-refractivity contribution is -0.846. The minimum absolute atomic E-state index is 0.280. The number of ether oxygens (including phenoxy) is 1. The Balaban J connectivity index is 1.95. The zero-order chi connectivity index (χ0) is 16.2. The van der Waals surface area contributed by atoms with Gasteiger partial charge in [-0.2, -0.15) is 0 Å². The summed E-state index contributed by atoms with van der Waals surface area (Å²) >= 11 is 0. The largest absolute Gasteiger partial charge is 0.462 e. The lowest BCUT2D eigenvalue weighted by Gasteiger charge is -2.03. The second-order valence-electron chi connectivity index (χ2n) is 6.05. The van der Waals surface area contributed by atoms with E-state index >= 15 is 0 Å². The third-order valence-electron chi connectivity index (χ3n) is 3.92. The minimum Gasteiger partial charge on any atom is -0.462 e. The van der Waals surface area contributed by atoms with Crippen molar-refractivity contribution in [3.63, 3.8) is 0 Å². The van der Waals surface area contributed by atoms with Crippen molar-refractivity contribution in [1.82, 2.24) is 0 Å². The summed E-state index contributed by atoms with van der Waals surface area (Å²) in [6, 6.07) is 0. The van der Waals surface area contributed by atoms with Crippen molar-refractivity contribution in [1.29, 1.82) is 0 Å². The molecule has 0 saturated carbocycles. The fraction of sp³-hybridized carbons (Fsp3) is 0.778. The van der Waals surface area contributed by atoms with E-state index in [1.165, 1.54) is 56.1 Å². The van der Waals surface area contributed by atoms with Crippen LogP contribution in [0, 0.1) is 6.92 Å². The number of nitrogens with zero attached hydrogens (tertiary/aromatic N) is 1. The Morgan fingerprint density at radius 2 is 1.59 bits per heavy atom. The molecule has 0 saturated heterocycles. The number of esters is 1. The second-order valence-corrected chi connectivity index (χ2v) is 6.05. The van der Waals surface area contributed by atoms with Crippen molar-refractivity contribution < 1.29 is 18.8 Å². The molecule has 1 aromatic heterocycles. The van der Waals surface area contributed by atoms with Crippen LogP contribution in [0.1, 0.15) is 87.3 Å². The highest BCUT2D eigenvalue weighted by molar-refractivity contribution is 5.89. The van der Waals surface area contributed by atoms with E-state index in [4.69, 9.17) is 9.26 Å². The van der Waals surface area contributed by atoms with Crippen molar-refractivity contribution in [2.24, 2.45) is 7.05 Å². The van der Waals surface area contributed by atoms with Gasteiger partial charge in [-0.05, 0) is 11.2 Å². The number of carbonyl (C=O) groups excluding carboxylic acids is 1. The van der Waals surface area contributed by atoms with E-state index in [0.29, 0.717) is 17.9 Å². The maximum atomic E-state index is 11.8. The molecule has 0 aliphatic rings. The number of hydrogen-bond donors (Lipinski definition) is 0. The molecular weight excluding hydrogens is 278 g/mol. The highest BCUT2D eigenvalue weighted by Crippen LogP contribution is 2.11. The molecule has 1 heterocycles. The first-order valence-electron chi connectivity index (χ1n) is 8.78. The third-order valence-corrected chi connectivity index (χ3v) is 3.92. The van der Waals surface area contributed by atoms with Gasteiger partial charge in [0.15, 0.2) is 18.4 Å². The van der Waals surface area contributed by atoms with Crippen LogP contribution in [0.2, 0.25) is 0 Å². The van der Waals surface area contributed by atoms with Gasteiger partial charge in [0, 0.05) is 6.92 Å². The molecule has 4 heteroatoms. The van der Waals surface area contributed by atoms with Gasteiger partial charge in [0.2, 0.25) is 6.20 Å². The topological polar surface area (TPSA) is 43.3 Å². The van der Waals surface area contributed by atoms with Gasteiger partial charge < -0.3 is 4.74 Å². The Morgan fingerprint density at radius 1 is 1.05 bits per heavy atom. The molecule has 126 valence electrons. The number of hydrogen-bond acceptors (Lipinski definition) is 3. The number of carbonyl (C=O) groups is 1. The summed E-state index contributed by atoms with van der Waals surface area (Å²) in [5.74, 6) is 0.327. The summed E-state index contributed by atoms with van der Waals surface area (Å²) < 4.78 is 12.1. The standard InChI is InChI=1S/C18H32NO3/c1-4-5-6-7-8-9-10-11-12-13-14-21-18(20)17-15-19(3)22-16(17)2/h15H,4-14H2,1-3H3/q+1. The van der Waals surface area contributed by atoms with E-state index in [1.54, 1.807) is 20.2 Å². The molecule has 0 bridgehead atoms. The predicted octanol–water partition coefficient (Wildman–Crippen LogP) is 4.49. The summed E-state index contributed by atoms with van der Waals surface area (Å²) in [4.78, 5) is 11.8. The van der Waals surface area contributed by atoms with Crippen molar-refractivity contribution in [2.45, 2.75) is 78.1 Å². The van der Waals surface area contributed by atoms with Crippen LogP contribution in [0.25, 0.3) is 0 Å². The molecule has 0 N–H and O–H groups in total. The van der Waals surface area contributed by atoms with Gasteiger partial charge in [0.1, 0.15) is 0 Å². The van der Waals surface area contributed by atoms with Crippen molar-refractivity contribution in [3.8, 4) is 0 Å². The molecule has 0 unspecified atom stereocenters. The molecule has 22 heavy (non-hydrogen) atoms. The number of rotatable bonds is 12. The molecule has 4 nitrogen and oxygen atoms in total. The molecule has 0 aliphatic carbocycles. The van der Waals surface area contributed by atoms with Gasteiger partial charge in [-0.3, -0.25) is 0 Å². The Morgan fingerprint density at radius 3 is 2.09 bits per heavy atom. The highest BCUT2D eigenvalue weighted by Gasteiger charge is 2.20. The Bertz CT molecular complexity index is 426. The fourth-order valence-corrected chi connectivity index (χ4v) is 2.59. The normalized spacial score (nSPS) is 10.9. The Kier molecular flexibility index (Phi) is 9.60. The molecule has 0 fully saturated rings. The number of unbranched alkanes of at least 4 members (excludes halogenated alkanes) is 9. The molecule has 1 rings (SSSR count). The smallest absolute Gasteiger partial charge is 0.348 e. The Labute approximate surface area is 134 Å². The summed E-state index contributed by atoms with van der Waals surface area (Å²) in [7, 11) is 1.76. The zero-order valence-corrected chi connectivity index (χ0v) is 14.5. The average molecular weight is 310 g/mol. The molecule has 0 amide bonds. The maximum absolute atomic E-state index is 11.8. The lowest BCUT2D eigenvalue weighted by Crippen LogP contribution is -2.23. The second kappa shape index (κ2) is 11.3. The van der Waals surface area contributed by atoms with E-state index in [1.807, 2.05) is 0 Å². The molecule has 1 aromatic rings. The van der Waals surface area contributed by atoms with Crippen LogP contribution >= 0.6 is 0 Å². The van der Waals surface area contributed by atoms with Crippen LogP contribution in [-0.2, 0) is 11.8 Å². The van der Waals surface area contributed by atoms with Gasteiger partial charge in [0.25, 0.3) is 0 Å². The van der Waals surface area contributed by atoms with E-state index in [9.17, 15) is 4.79 Å². The van der Waals surface area contributed by atoms with Crippen LogP contribution in [0.15, 0.2) is 10.7 Å². The molecule has 0 aliphatic heterocycles. The van der Waals surface area contributed by atoms with Gasteiger partial charge >= 0.3 is 5.97 Å². The van der Waals surface area contributed by atoms with Crippen molar-refractivity contribution in [2.75, 3.05) is 6.61 Å². The Hall–Kier alpha value is -1.32. The van der Waals surface area contributed by atoms with Gasteiger partial charge in [0.05, 0.1) is 6.61 Å². The summed E-state index contributed by atoms with van der Waals surface area (Å²) in [6.45, 7) is 4.53. The molecular formula is C18H32NO3+. The monoisotopic (exact) mass is 310 g/mol. The van der Waals surface area contributed by atoms with Gasteiger partial charge in [-0.15, -0.1) is 0 Å². The van der Waals surface area contributed by atoms with Crippen LogP contribution in [0.4, 0.5) is 0 Å². The molecule has 0 radical (unpaired) electrons. The summed E-state index contributed by atoms with van der Waals surface area (Å²) in [5, 5.41) is 0. The average Bonchev–Trinajstić information content (AvgIpc) is 2.83. The molecule has 0 atom stereocenters. The quantitative estimate of drug-likeness (QED) is 0.324. The van der Waals surface area contributed by atoms with Crippen molar-refractivity contribution in [3.05, 3.63) is 17.5 Å². The van der Waals surface area contributed by atoms with Crippen molar-refractivity contribution >= 4 is 5.97 Å². The first-order valence-corrected chi connectivity index (χ1v) is 8.78. The van der Waals surface area contributed by atoms with Crippen LogP contribution in [0.3, 0.4) is 0 Å². The van der Waals surface area contributed by atoms with E-state index in [-0.39, 0.29) is 5.97 Å². The van der Waals surface area contributed by atoms with Crippen LogP contribution in [-0.4, -0.2) is 12.6 Å². The minimum atomic E-state index is -0.280. The van der Waals surface area contributed by atoms with Gasteiger partial charge in [-0.1, -0.05) is 64.7 Å². The highest BCUT2D eigenvalue weighted by atomic mass is 16.5. The number of aryl methyl sites for hydroxylation is 2. The molecule has 0 aromatic carbocycles. The lowest BCUT2D eigenvalue weighted by atomic mass is 10.1. The summed E-state index contributed by atoms with van der Waals surface area (Å²) in [6.07, 6.45) is 14.5. The van der Waals surface area contributed by atoms with Crippen LogP contribution in [0.5, 0.6) is 0 Å². The SMILES string of the molecule is CCCCCCCCCCCCOC(=O)c1c[n+](C)oc1C. The van der Waals surface area contributed by atoms with Gasteiger partial charge in [-0.25, -0.2) is 9.32 Å². The first kappa shape index (κ1) is 18.7. The molecule has 0 spiro atoms. The third kappa shape index (κ3) is 7.62. The van der Waals surface area contributed by atoms with Crippen LogP contribution < -0.4 is 4.74 Å². The van der Waals surface area contributed by atoms with E-state index in [0.717, 1.165) is 12.8 Å². The zero-order valence-electron chi connectivity index (χ0n) is 14.5. The maximum Gasteiger partial charge on any atom is 0.348 e. The number of aromatic nitrogens is 1.